The number of hydrogen-bond acceptors (Lipinski definition) is 5. The summed E-state index contributed by atoms with van der Waals surface area (Å²) in [5.74, 6) is 1.96. The molecule has 0 spiro atoms. The first-order valence-corrected chi connectivity index (χ1v) is 10.1. The third kappa shape index (κ3) is 4.78. The van der Waals surface area contributed by atoms with Gasteiger partial charge < -0.3 is 14.6 Å². The number of thioether (sulfide) groups is 1. The number of amides is 1. The first kappa shape index (κ1) is 18.8. The van der Waals surface area contributed by atoms with E-state index in [1.165, 1.54) is 30.2 Å². The Labute approximate surface area is 158 Å². The molecule has 3 rings (SSSR count). The fraction of sp³-hybridized carbons (Fsp3) is 0.526. The van der Waals surface area contributed by atoms with Gasteiger partial charge in [-0.15, -0.1) is 10.2 Å². The normalized spacial score (nSPS) is 15.8. The van der Waals surface area contributed by atoms with Crippen LogP contribution in [0.1, 0.15) is 50.1 Å². The Hall–Kier alpha value is -2.02. The topological polar surface area (TPSA) is 69.0 Å². The van der Waals surface area contributed by atoms with E-state index < -0.39 is 0 Å². The number of rotatable bonds is 7. The van der Waals surface area contributed by atoms with Crippen molar-refractivity contribution >= 4 is 17.7 Å². The van der Waals surface area contributed by atoms with Crippen molar-refractivity contribution in [2.24, 2.45) is 7.05 Å². The molecule has 1 atom stereocenters. The number of ether oxygens (including phenoxy) is 1. The smallest absolute Gasteiger partial charge is 0.230 e. The van der Waals surface area contributed by atoms with Crippen LogP contribution >= 0.6 is 11.8 Å². The summed E-state index contributed by atoms with van der Waals surface area (Å²) >= 11 is 1.41. The lowest BCUT2D eigenvalue weighted by molar-refractivity contribution is -0.119. The van der Waals surface area contributed by atoms with Crippen LogP contribution in [0.25, 0.3) is 0 Å². The molecule has 7 heteroatoms. The monoisotopic (exact) mass is 374 g/mol. The van der Waals surface area contributed by atoms with E-state index >= 15 is 0 Å². The Kier molecular flexibility index (Phi) is 6.19. The Morgan fingerprint density at radius 2 is 2.00 bits per heavy atom. The molecule has 26 heavy (non-hydrogen) atoms. The second kappa shape index (κ2) is 8.58. The van der Waals surface area contributed by atoms with Crippen LogP contribution in [-0.4, -0.2) is 32.5 Å². The third-order valence-electron chi connectivity index (χ3n) is 4.62. The highest BCUT2D eigenvalue weighted by Gasteiger charge is 2.20. The Morgan fingerprint density at radius 1 is 1.31 bits per heavy atom. The number of aromatic nitrogens is 3. The molecule has 1 aliphatic carbocycles. The van der Waals surface area contributed by atoms with E-state index in [4.69, 9.17) is 4.74 Å². The van der Waals surface area contributed by atoms with Crippen LogP contribution < -0.4 is 10.1 Å². The van der Waals surface area contributed by atoms with Gasteiger partial charge in [0.25, 0.3) is 0 Å². The van der Waals surface area contributed by atoms with Crippen LogP contribution in [0.2, 0.25) is 0 Å². The molecule has 140 valence electrons. The maximum Gasteiger partial charge on any atom is 0.230 e. The minimum atomic E-state index is -0.225. The molecular weight excluding hydrogens is 348 g/mol. The van der Waals surface area contributed by atoms with Gasteiger partial charge in [0.2, 0.25) is 5.91 Å². The zero-order chi connectivity index (χ0) is 18.5. The van der Waals surface area contributed by atoms with Crippen molar-refractivity contribution in [2.75, 3.05) is 5.75 Å². The van der Waals surface area contributed by atoms with Gasteiger partial charge in [-0.05, 0) is 38.8 Å². The van der Waals surface area contributed by atoms with Crippen molar-refractivity contribution in [3.8, 4) is 5.75 Å². The molecule has 1 aromatic carbocycles. The van der Waals surface area contributed by atoms with E-state index in [9.17, 15) is 4.79 Å². The van der Waals surface area contributed by atoms with Gasteiger partial charge in [0, 0.05) is 13.1 Å². The van der Waals surface area contributed by atoms with Gasteiger partial charge >= 0.3 is 0 Å². The summed E-state index contributed by atoms with van der Waals surface area (Å²) in [4.78, 5) is 12.1. The zero-order valence-electron chi connectivity index (χ0n) is 15.6. The lowest BCUT2D eigenvalue weighted by atomic mass is 10.2. The maximum absolute atomic E-state index is 12.1. The highest BCUT2D eigenvalue weighted by molar-refractivity contribution is 7.99. The molecule has 1 aliphatic rings. The molecule has 1 unspecified atom stereocenters. The second-order valence-electron chi connectivity index (χ2n) is 6.81. The minimum absolute atomic E-state index is 0.0652. The lowest BCUT2D eigenvalue weighted by Crippen LogP contribution is -2.33. The Balaban J connectivity index is 1.54. The van der Waals surface area contributed by atoms with Gasteiger partial charge in [-0.1, -0.05) is 42.3 Å². The predicted molar refractivity (Wildman–Crippen MR) is 102 cm³/mol. The van der Waals surface area contributed by atoms with Crippen molar-refractivity contribution in [2.45, 2.75) is 56.8 Å². The summed E-state index contributed by atoms with van der Waals surface area (Å²) in [6.07, 6.45) is 4.39. The summed E-state index contributed by atoms with van der Waals surface area (Å²) in [5, 5.41) is 12.3. The summed E-state index contributed by atoms with van der Waals surface area (Å²) in [6.45, 7) is 3.99. The molecule has 1 amide bonds. The first-order valence-electron chi connectivity index (χ1n) is 9.07. The molecule has 1 heterocycles. The van der Waals surface area contributed by atoms with Gasteiger partial charge in [0.15, 0.2) is 17.1 Å². The number of nitrogens with zero attached hydrogens (tertiary/aromatic N) is 3. The van der Waals surface area contributed by atoms with Crippen molar-refractivity contribution in [3.05, 3.63) is 35.7 Å². The molecule has 0 radical (unpaired) electrons. The van der Waals surface area contributed by atoms with Gasteiger partial charge in [0.05, 0.1) is 5.75 Å². The van der Waals surface area contributed by atoms with Crippen LogP contribution in [0.4, 0.5) is 0 Å². The fourth-order valence-corrected chi connectivity index (χ4v) is 3.88. The quantitative estimate of drug-likeness (QED) is 0.752. The molecule has 0 saturated heterocycles. The highest BCUT2D eigenvalue weighted by atomic mass is 32.2. The van der Waals surface area contributed by atoms with Crippen molar-refractivity contribution in [3.63, 3.8) is 0 Å². The number of hydrogen-bond donors (Lipinski definition) is 1. The van der Waals surface area contributed by atoms with Crippen molar-refractivity contribution in [1.82, 2.24) is 20.1 Å². The molecular formula is C19H26N4O2S. The summed E-state index contributed by atoms with van der Waals surface area (Å²) in [6, 6.07) is 8.28. The minimum Gasteiger partial charge on any atom is -0.483 e. The average molecular weight is 375 g/mol. The molecule has 0 aliphatic heterocycles. The highest BCUT2D eigenvalue weighted by Crippen LogP contribution is 2.24. The largest absolute Gasteiger partial charge is 0.483 e. The predicted octanol–water partition coefficient (Wildman–Crippen LogP) is 3.41. The average Bonchev–Trinajstić information content (AvgIpc) is 3.25. The first-order chi connectivity index (χ1) is 12.5. The van der Waals surface area contributed by atoms with Crippen molar-refractivity contribution < 1.29 is 9.53 Å². The third-order valence-corrected chi connectivity index (χ3v) is 5.64. The maximum atomic E-state index is 12.1. The molecule has 2 aromatic rings. The summed E-state index contributed by atoms with van der Waals surface area (Å²) < 4.78 is 7.85. The summed E-state index contributed by atoms with van der Waals surface area (Å²) in [7, 11) is 1.90. The standard InChI is InChI=1S/C19H26N4O2S/c1-13-8-10-16(11-9-13)25-14(2)18-21-22-19(23(18)3)26-12-17(24)20-15-6-4-5-7-15/h8-11,14-15H,4-7,12H2,1-3H3,(H,20,24). The molecule has 1 aromatic heterocycles. The molecule has 1 saturated carbocycles. The zero-order valence-corrected chi connectivity index (χ0v) is 16.4. The fourth-order valence-electron chi connectivity index (χ4n) is 3.15. The van der Waals surface area contributed by atoms with Gasteiger partial charge in [-0.3, -0.25) is 4.79 Å². The van der Waals surface area contributed by atoms with Crippen LogP contribution in [0.5, 0.6) is 5.75 Å². The Morgan fingerprint density at radius 3 is 2.69 bits per heavy atom. The molecule has 1 fully saturated rings. The molecule has 0 bridgehead atoms. The van der Waals surface area contributed by atoms with Gasteiger partial charge in [-0.25, -0.2) is 0 Å². The second-order valence-corrected chi connectivity index (χ2v) is 7.75. The number of carbonyl (C=O) groups is 1. The van der Waals surface area contributed by atoms with Crippen molar-refractivity contribution in [1.29, 1.82) is 0 Å². The van der Waals surface area contributed by atoms with Crippen LogP contribution in [0, 0.1) is 6.92 Å². The van der Waals surface area contributed by atoms with Crippen LogP contribution in [0.3, 0.4) is 0 Å². The molecule has 6 nitrogen and oxygen atoms in total. The lowest BCUT2D eigenvalue weighted by Gasteiger charge is -2.14. The van der Waals surface area contributed by atoms with Crippen LogP contribution in [-0.2, 0) is 11.8 Å². The van der Waals surface area contributed by atoms with Gasteiger partial charge in [0.1, 0.15) is 5.75 Å². The number of aryl methyl sites for hydroxylation is 1. The van der Waals surface area contributed by atoms with E-state index in [1.54, 1.807) is 0 Å². The van der Waals surface area contributed by atoms with Crippen LogP contribution in [0.15, 0.2) is 29.4 Å². The van der Waals surface area contributed by atoms with Gasteiger partial charge in [-0.2, -0.15) is 0 Å². The summed E-state index contributed by atoms with van der Waals surface area (Å²) in [5.41, 5.74) is 1.19. The number of nitrogens with one attached hydrogen (secondary N) is 1. The number of carbonyl (C=O) groups excluding carboxylic acids is 1. The van der Waals surface area contributed by atoms with E-state index in [0.29, 0.717) is 11.8 Å². The van der Waals surface area contributed by atoms with E-state index in [0.717, 1.165) is 29.6 Å². The van der Waals surface area contributed by atoms with E-state index in [-0.39, 0.29) is 12.0 Å². The number of benzene rings is 1. The van der Waals surface area contributed by atoms with E-state index in [1.807, 2.05) is 49.7 Å². The molecule has 1 N–H and O–H groups in total. The Bertz CT molecular complexity index is 738. The SMILES string of the molecule is Cc1ccc(OC(C)c2nnc(SCC(=O)NC3CCCC3)n2C)cc1. The van der Waals surface area contributed by atoms with E-state index in [2.05, 4.69) is 15.5 Å².